The number of nitrogens with one attached hydrogen (secondary N) is 1. The van der Waals surface area contributed by atoms with Gasteiger partial charge in [0.15, 0.2) is 5.76 Å². The van der Waals surface area contributed by atoms with Crippen molar-refractivity contribution < 1.29 is 14.1 Å². The van der Waals surface area contributed by atoms with Crippen molar-refractivity contribution >= 4 is 29.1 Å². The minimum Gasteiger partial charge on any atom is -0.444 e. The molecule has 3 N–H and O–H groups in total. The van der Waals surface area contributed by atoms with Gasteiger partial charge in [0.2, 0.25) is 0 Å². The second-order valence-corrected chi connectivity index (χ2v) is 5.86. The molecule has 2 aromatic rings. The van der Waals surface area contributed by atoms with Crippen molar-refractivity contribution in [2.45, 2.75) is 26.4 Å². The average Bonchev–Trinajstić information content (AvgIpc) is 2.75. The molecule has 21 heavy (non-hydrogen) atoms. The summed E-state index contributed by atoms with van der Waals surface area (Å²) in [6.07, 6.45) is 0.803. The van der Waals surface area contributed by atoms with Crippen LogP contribution in [0.25, 0.3) is 11.3 Å². The Kier molecular flexibility index (Phi) is 4.09. The first-order chi connectivity index (χ1) is 9.76. The Morgan fingerprint density at radius 2 is 2.14 bits per heavy atom. The molecule has 0 aliphatic rings. The molecule has 0 saturated heterocycles. The fourth-order valence-electron chi connectivity index (χ4n) is 1.68. The van der Waals surface area contributed by atoms with Gasteiger partial charge in [0.1, 0.15) is 11.3 Å². The number of carbonyl (C=O) groups is 1. The quantitative estimate of drug-likeness (QED) is 0.877. The number of hydrogen-bond acceptors (Lipinski definition) is 5. The van der Waals surface area contributed by atoms with Crippen LogP contribution in [0.4, 0.5) is 16.2 Å². The third-order valence-electron chi connectivity index (χ3n) is 2.46. The van der Waals surface area contributed by atoms with E-state index >= 15 is 0 Å². The summed E-state index contributed by atoms with van der Waals surface area (Å²) in [5.74, 6) is 0.337. The van der Waals surface area contributed by atoms with Gasteiger partial charge in [0.25, 0.3) is 0 Å². The van der Waals surface area contributed by atoms with Gasteiger partial charge in [0.05, 0.1) is 11.9 Å². The summed E-state index contributed by atoms with van der Waals surface area (Å²) in [5.41, 5.74) is 6.54. The van der Waals surface area contributed by atoms with Crippen LogP contribution < -0.4 is 11.1 Å². The van der Waals surface area contributed by atoms with Crippen molar-refractivity contribution in [3.8, 4) is 11.3 Å². The van der Waals surface area contributed by atoms with Crippen molar-refractivity contribution in [3.05, 3.63) is 29.4 Å². The Balaban J connectivity index is 2.32. The van der Waals surface area contributed by atoms with E-state index in [1.54, 1.807) is 39.0 Å². The Labute approximate surface area is 127 Å². The van der Waals surface area contributed by atoms with Crippen molar-refractivity contribution in [1.29, 1.82) is 0 Å². The predicted molar refractivity (Wildman–Crippen MR) is 81.2 cm³/mol. The molecule has 0 spiro atoms. The lowest BCUT2D eigenvalue weighted by atomic mass is 10.1. The molecule has 6 nitrogen and oxygen atoms in total. The number of ether oxygens (including phenoxy) is 1. The molecule has 0 bridgehead atoms. The smallest absolute Gasteiger partial charge is 0.412 e. The van der Waals surface area contributed by atoms with Gasteiger partial charge in [-0.3, -0.25) is 5.32 Å². The zero-order chi connectivity index (χ0) is 15.6. The number of hydrogen-bond donors (Lipinski definition) is 2. The van der Waals surface area contributed by atoms with E-state index in [4.69, 9.17) is 26.6 Å². The second-order valence-electron chi connectivity index (χ2n) is 5.43. The molecule has 1 heterocycles. The van der Waals surface area contributed by atoms with Gasteiger partial charge in [-0.25, -0.2) is 4.79 Å². The minimum atomic E-state index is -0.595. The summed E-state index contributed by atoms with van der Waals surface area (Å²) in [6, 6.07) is 4.92. The molecule has 0 aliphatic carbocycles. The zero-order valence-electron chi connectivity index (χ0n) is 11.9. The predicted octanol–water partition coefficient (Wildman–Crippen LogP) is 3.92. The largest absolute Gasteiger partial charge is 0.444 e. The van der Waals surface area contributed by atoms with E-state index < -0.39 is 11.7 Å². The maximum absolute atomic E-state index is 11.9. The number of nitrogen functional groups attached to an aromatic ring is 1. The molecule has 0 unspecified atom stereocenters. The third-order valence-corrected chi connectivity index (χ3v) is 2.69. The number of halogens is 1. The first kappa shape index (κ1) is 15.2. The highest BCUT2D eigenvalue weighted by atomic mass is 35.5. The van der Waals surface area contributed by atoms with Crippen molar-refractivity contribution in [2.24, 2.45) is 0 Å². The topological polar surface area (TPSA) is 90.4 Å². The molecule has 7 heteroatoms. The molecule has 0 atom stereocenters. The first-order valence-electron chi connectivity index (χ1n) is 6.26. The molecule has 2 rings (SSSR count). The van der Waals surface area contributed by atoms with Gasteiger partial charge in [-0.15, -0.1) is 0 Å². The molecule has 1 aromatic carbocycles. The van der Waals surface area contributed by atoms with Crippen LogP contribution in [0.5, 0.6) is 0 Å². The molecule has 112 valence electrons. The highest BCUT2D eigenvalue weighted by molar-refractivity contribution is 6.31. The number of rotatable bonds is 2. The number of nitrogens with zero attached hydrogens (tertiary/aromatic N) is 1. The van der Waals surface area contributed by atoms with Gasteiger partial charge >= 0.3 is 6.09 Å². The van der Waals surface area contributed by atoms with E-state index in [2.05, 4.69) is 10.5 Å². The van der Waals surface area contributed by atoms with Crippen LogP contribution >= 0.6 is 11.6 Å². The van der Waals surface area contributed by atoms with Crippen molar-refractivity contribution in [1.82, 2.24) is 5.16 Å². The Morgan fingerprint density at radius 3 is 2.71 bits per heavy atom. The van der Waals surface area contributed by atoms with E-state index in [-0.39, 0.29) is 0 Å². The summed E-state index contributed by atoms with van der Waals surface area (Å²) in [5, 5.41) is 6.75. The van der Waals surface area contributed by atoms with E-state index in [9.17, 15) is 4.79 Å². The molecule has 1 aromatic heterocycles. The normalized spacial score (nSPS) is 11.2. The molecular formula is C14H16ClN3O3. The average molecular weight is 310 g/mol. The van der Waals surface area contributed by atoms with Gasteiger partial charge in [-0.1, -0.05) is 16.8 Å². The van der Waals surface area contributed by atoms with Gasteiger partial charge in [0, 0.05) is 10.6 Å². The van der Waals surface area contributed by atoms with E-state index in [1.165, 1.54) is 6.20 Å². The summed E-state index contributed by atoms with van der Waals surface area (Å²) in [7, 11) is 0. The van der Waals surface area contributed by atoms with Crippen molar-refractivity contribution in [2.75, 3.05) is 11.1 Å². The molecule has 0 radical (unpaired) electrons. The summed E-state index contributed by atoms with van der Waals surface area (Å²) >= 11 is 5.98. The Morgan fingerprint density at radius 1 is 1.43 bits per heavy atom. The lowest BCUT2D eigenvalue weighted by Gasteiger charge is -2.20. The summed E-state index contributed by atoms with van der Waals surface area (Å²) in [4.78, 5) is 11.9. The van der Waals surface area contributed by atoms with Crippen LogP contribution in [-0.2, 0) is 4.74 Å². The van der Waals surface area contributed by atoms with Gasteiger partial charge < -0.3 is 15.0 Å². The molecule has 0 aliphatic heterocycles. The maximum atomic E-state index is 11.9. The number of aromatic nitrogens is 1. The minimum absolute atomic E-state index is 0.337. The Hall–Kier alpha value is -2.21. The fraction of sp³-hybridized carbons (Fsp3) is 0.286. The van der Waals surface area contributed by atoms with Crippen LogP contribution in [0, 0.1) is 0 Å². The molecular weight excluding hydrogens is 294 g/mol. The van der Waals surface area contributed by atoms with Crippen LogP contribution in [-0.4, -0.2) is 16.9 Å². The van der Waals surface area contributed by atoms with Crippen LogP contribution in [0.15, 0.2) is 28.9 Å². The number of amides is 1. The molecule has 0 saturated carbocycles. The zero-order valence-corrected chi connectivity index (χ0v) is 12.7. The van der Waals surface area contributed by atoms with Crippen LogP contribution in [0.1, 0.15) is 20.8 Å². The molecule has 1 amide bonds. The monoisotopic (exact) mass is 309 g/mol. The summed E-state index contributed by atoms with van der Waals surface area (Å²) < 4.78 is 10.3. The number of carbonyl (C=O) groups excluding carboxylic acids is 1. The third kappa shape index (κ3) is 3.88. The van der Waals surface area contributed by atoms with E-state index in [0.717, 1.165) is 0 Å². The summed E-state index contributed by atoms with van der Waals surface area (Å²) in [6.45, 7) is 5.34. The van der Waals surface area contributed by atoms with Gasteiger partial charge in [-0.05, 0) is 39.0 Å². The van der Waals surface area contributed by atoms with Crippen LogP contribution in [0.3, 0.4) is 0 Å². The van der Waals surface area contributed by atoms with Crippen LogP contribution in [0.2, 0.25) is 5.02 Å². The first-order valence-corrected chi connectivity index (χ1v) is 6.64. The molecule has 0 fully saturated rings. The lowest BCUT2D eigenvalue weighted by Crippen LogP contribution is -2.27. The number of benzene rings is 1. The second kappa shape index (κ2) is 5.65. The van der Waals surface area contributed by atoms with Gasteiger partial charge in [-0.2, -0.15) is 0 Å². The highest BCUT2D eigenvalue weighted by Gasteiger charge is 2.19. The van der Waals surface area contributed by atoms with E-state index in [1.807, 2.05) is 0 Å². The van der Waals surface area contributed by atoms with Crippen molar-refractivity contribution in [3.63, 3.8) is 0 Å². The number of anilines is 2. The maximum Gasteiger partial charge on any atom is 0.412 e. The highest BCUT2D eigenvalue weighted by Crippen LogP contribution is 2.34. The SMILES string of the molecule is CC(C)(C)OC(=O)Nc1ccc(Cl)cc1-c1oncc1N. The fourth-order valence-corrected chi connectivity index (χ4v) is 1.85. The Bertz CT molecular complexity index is 662. The van der Waals surface area contributed by atoms with E-state index in [0.29, 0.717) is 27.7 Å². The lowest BCUT2D eigenvalue weighted by molar-refractivity contribution is 0.0636. The standard InChI is InChI=1S/C14H16ClN3O3/c1-14(2,3)20-13(19)18-11-5-4-8(15)6-9(11)12-10(16)7-17-21-12/h4-7H,16H2,1-3H3,(H,18,19). The number of nitrogens with two attached hydrogens (primary N) is 1.